The summed E-state index contributed by atoms with van der Waals surface area (Å²) < 4.78 is 8.69. The monoisotopic (exact) mass is 429 g/mol. The van der Waals surface area contributed by atoms with Crippen molar-refractivity contribution in [2.24, 2.45) is 0 Å². The van der Waals surface area contributed by atoms with Crippen molar-refractivity contribution in [3.05, 3.63) is 71.6 Å². The van der Waals surface area contributed by atoms with E-state index in [-0.39, 0.29) is 5.56 Å². The summed E-state index contributed by atoms with van der Waals surface area (Å²) in [6, 6.07) is 19.5. The Balaban J connectivity index is 2.15. The maximum absolute atomic E-state index is 12.0. The van der Waals surface area contributed by atoms with E-state index in [4.69, 9.17) is 4.42 Å². The number of hydrogen-bond donors (Lipinski definition) is 1. The normalized spacial score (nSPS) is 11.1. The molecule has 5 heteroatoms. The Labute approximate surface area is 188 Å². The fourth-order valence-corrected chi connectivity index (χ4v) is 4.25. The minimum absolute atomic E-state index is 0.281. The Morgan fingerprint density at radius 2 is 1.72 bits per heavy atom. The van der Waals surface area contributed by atoms with E-state index in [1.165, 1.54) is 0 Å². The van der Waals surface area contributed by atoms with Gasteiger partial charge in [-0.3, -0.25) is 0 Å². The van der Waals surface area contributed by atoms with Crippen LogP contribution in [-0.2, 0) is 0 Å². The molecule has 1 aliphatic heterocycles. The van der Waals surface area contributed by atoms with Crippen LogP contribution >= 0.6 is 0 Å². The lowest BCUT2D eigenvalue weighted by atomic mass is 9.90. The summed E-state index contributed by atoms with van der Waals surface area (Å²) >= 11 is 0. The molecule has 2 aromatic rings. The van der Waals surface area contributed by atoms with Crippen LogP contribution in [-0.4, -0.2) is 37.8 Å². The zero-order valence-electron chi connectivity index (χ0n) is 19.1. The number of rotatable bonds is 6. The summed E-state index contributed by atoms with van der Waals surface area (Å²) in [5.74, 6) is -0.196. The van der Waals surface area contributed by atoms with E-state index in [9.17, 15) is 9.90 Å². The van der Waals surface area contributed by atoms with Gasteiger partial charge in [0.2, 0.25) is 5.36 Å². The van der Waals surface area contributed by atoms with Crippen molar-refractivity contribution in [3.8, 4) is 22.5 Å². The van der Waals surface area contributed by atoms with E-state index < -0.39 is 5.97 Å². The third-order valence-corrected chi connectivity index (χ3v) is 6.16. The number of aromatic carboxylic acids is 1. The first-order valence-corrected chi connectivity index (χ1v) is 11.1. The van der Waals surface area contributed by atoms with E-state index in [1.54, 1.807) is 12.1 Å². The van der Waals surface area contributed by atoms with Crippen LogP contribution in [0.4, 0.5) is 5.69 Å². The first-order chi connectivity index (χ1) is 15.5. The van der Waals surface area contributed by atoms with Crippen molar-refractivity contribution in [1.29, 1.82) is 0 Å². The molecule has 1 aliphatic carbocycles. The maximum atomic E-state index is 12.0. The van der Waals surface area contributed by atoms with E-state index >= 15 is 0 Å². The van der Waals surface area contributed by atoms with E-state index in [0.717, 1.165) is 58.5 Å². The highest BCUT2D eigenvalue weighted by atomic mass is 16.4. The smallest absolute Gasteiger partial charge is 0.336 e. The molecule has 0 saturated heterocycles. The lowest BCUT2D eigenvalue weighted by Crippen LogP contribution is -2.29. The molecule has 0 spiro atoms. The summed E-state index contributed by atoms with van der Waals surface area (Å²) in [7, 11) is 2.04. The third-order valence-electron chi connectivity index (χ3n) is 6.16. The minimum Gasteiger partial charge on any atom is -0.478 e. The SMILES string of the molecule is CCN(C)c1ccc2c(-c3ccccc3C(=O)O)c3ccc(=[N+](CC)CC)cc-3oc2c1. The first kappa shape index (κ1) is 21.6. The van der Waals surface area contributed by atoms with Crippen LogP contribution in [0.5, 0.6) is 0 Å². The molecule has 0 saturated carbocycles. The van der Waals surface area contributed by atoms with Gasteiger partial charge in [-0.2, -0.15) is 0 Å². The lowest BCUT2D eigenvalue weighted by molar-refractivity contribution is 0.0697. The van der Waals surface area contributed by atoms with Gasteiger partial charge in [0.1, 0.15) is 24.4 Å². The number of carboxylic acids is 1. The Bertz CT molecular complexity index is 1330. The van der Waals surface area contributed by atoms with Gasteiger partial charge in [0, 0.05) is 47.9 Å². The molecule has 0 radical (unpaired) electrons. The minimum atomic E-state index is -0.940. The fourth-order valence-electron chi connectivity index (χ4n) is 4.25. The maximum Gasteiger partial charge on any atom is 0.336 e. The molecule has 0 fully saturated rings. The van der Waals surface area contributed by atoms with Gasteiger partial charge < -0.3 is 14.4 Å². The highest BCUT2D eigenvalue weighted by molar-refractivity contribution is 6.07. The van der Waals surface area contributed by atoms with Crippen molar-refractivity contribution in [3.63, 3.8) is 0 Å². The number of hydrogen-bond acceptors (Lipinski definition) is 3. The molecule has 4 rings (SSSR count). The van der Waals surface area contributed by atoms with Gasteiger partial charge in [0.15, 0.2) is 0 Å². The van der Waals surface area contributed by atoms with Gasteiger partial charge in [-0.05, 0) is 50.6 Å². The zero-order valence-corrected chi connectivity index (χ0v) is 19.1. The molecule has 2 aromatic carbocycles. The predicted molar refractivity (Wildman–Crippen MR) is 131 cm³/mol. The molecule has 1 N–H and O–H groups in total. The van der Waals surface area contributed by atoms with Crippen molar-refractivity contribution < 1.29 is 14.3 Å². The molecule has 5 nitrogen and oxygen atoms in total. The second-order valence-electron chi connectivity index (χ2n) is 7.88. The van der Waals surface area contributed by atoms with Crippen molar-refractivity contribution in [2.45, 2.75) is 20.8 Å². The van der Waals surface area contributed by atoms with Crippen LogP contribution in [0.2, 0.25) is 0 Å². The van der Waals surface area contributed by atoms with Crippen LogP contribution in [0.25, 0.3) is 33.4 Å². The number of benzene rings is 3. The number of carbonyl (C=O) groups is 1. The number of nitrogens with zero attached hydrogens (tertiary/aromatic N) is 2. The topological polar surface area (TPSA) is 56.7 Å². The molecule has 0 atom stereocenters. The summed E-state index contributed by atoms with van der Waals surface area (Å²) in [6.45, 7) is 9.04. The molecular weight excluding hydrogens is 400 g/mol. The van der Waals surface area contributed by atoms with Crippen LogP contribution in [0.3, 0.4) is 0 Å². The van der Waals surface area contributed by atoms with Crippen molar-refractivity contribution >= 4 is 22.6 Å². The average molecular weight is 430 g/mol. The first-order valence-electron chi connectivity index (χ1n) is 11.1. The molecule has 0 unspecified atom stereocenters. The van der Waals surface area contributed by atoms with Gasteiger partial charge in [0.05, 0.1) is 11.6 Å². The number of fused-ring (bicyclic) bond motifs is 2. The second kappa shape index (κ2) is 8.87. The van der Waals surface area contributed by atoms with Crippen LogP contribution in [0.15, 0.2) is 65.1 Å². The largest absolute Gasteiger partial charge is 0.478 e. The van der Waals surface area contributed by atoms with E-state index in [1.807, 2.05) is 37.4 Å². The van der Waals surface area contributed by atoms with Gasteiger partial charge in [-0.15, -0.1) is 0 Å². The fraction of sp³-hybridized carbons (Fsp3) is 0.259. The van der Waals surface area contributed by atoms with Gasteiger partial charge in [0.25, 0.3) is 0 Å². The average Bonchev–Trinajstić information content (AvgIpc) is 2.82. The molecule has 2 aliphatic rings. The van der Waals surface area contributed by atoms with Crippen LogP contribution < -0.4 is 14.8 Å². The second-order valence-corrected chi connectivity index (χ2v) is 7.88. The van der Waals surface area contributed by atoms with Crippen LogP contribution in [0, 0.1) is 0 Å². The van der Waals surface area contributed by atoms with Crippen molar-refractivity contribution in [1.82, 2.24) is 4.58 Å². The van der Waals surface area contributed by atoms with E-state index in [2.05, 4.69) is 48.4 Å². The number of anilines is 1. The molecule has 32 heavy (non-hydrogen) atoms. The van der Waals surface area contributed by atoms with E-state index in [0.29, 0.717) is 5.56 Å². The molecule has 164 valence electrons. The standard InChI is InChI=1S/C27H28N2O3/c1-5-28(4)18-12-14-22-24(16-18)32-25-17-19(29(6-2)7-3)13-15-23(25)26(22)20-10-8-9-11-21(20)27(30)31/h8-17H,5-7H2,1-4H3/p+1. The summed E-state index contributed by atoms with van der Waals surface area (Å²) in [6.07, 6.45) is 0. The summed E-state index contributed by atoms with van der Waals surface area (Å²) in [4.78, 5) is 14.2. The lowest BCUT2D eigenvalue weighted by Gasteiger charge is -2.20. The Morgan fingerprint density at radius 3 is 2.41 bits per heavy atom. The quantitative estimate of drug-likeness (QED) is 0.339. The van der Waals surface area contributed by atoms with Crippen molar-refractivity contribution in [2.75, 3.05) is 31.6 Å². The highest BCUT2D eigenvalue weighted by Crippen LogP contribution is 2.41. The van der Waals surface area contributed by atoms with Crippen LogP contribution in [0.1, 0.15) is 31.1 Å². The highest BCUT2D eigenvalue weighted by Gasteiger charge is 2.22. The van der Waals surface area contributed by atoms with Gasteiger partial charge in [-0.25, -0.2) is 9.37 Å². The molecule has 0 aromatic heterocycles. The Morgan fingerprint density at radius 1 is 0.969 bits per heavy atom. The molecule has 0 amide bonds. The Hall–Kier alpha value is -3.60. The summed E-state index contributed by atoms with van der Waals surface area (Å²) in [5, 5.41) is 11.8. The molecule has 0 bridgehead atoms. The number of carboxylic acid groups (broad SMARTS) is 1. The molecule has 1 heterocycles. The van der Waals surface area contributed by atoms with Gasteiger partial charge >= 0.3 is 5.97 Å². The molecular formula is C27H29N2O3+. The Kier molecular flexibility index (Phi) is 5.99. The third kappa shape index (κ3) is 3.75. The predicted octanol–water partition coefficient (Wildman–Crippen LogP) is 5.17. The summed E-state index contributed by atoms with van der Waals surface area (Å²) in [5.41, 5.74) is 4.55. The zero-order chi connectivity index (χ0) is 22.8. The van der Waals surface area contributed by atoms with Gasteiger partial charge in [-0.1, -0.05) is 18.2 Å².